The largest absolute Gasteiger partial charge is 0.309 e. The van der Waals surface area contributed by atoms with E-state index in [-0.39, 0.29) is 0 Å². The Morgan fingerprint density at radius 1 is 0.207 bits per heavy atom. The van der Waals surface area contributed by atoms with E-state index in [1.54, 1.807) is 12.4 Å². The summed E-state index contributed by atoms with van der Waals surface area (Å²) in [6.07, 6.45) is 7.22. The minimum Gasteiger partial charge on any atom is -0.309 e. The Morgan fingerprint density at radius 3 is 0.732 bits per heavy atom. The summed E-state index contributed by atoms with van der Waals surface area (Å²) in [5, 5.41) is 4.80. The second-order valence-electron chi connectivity index (χ2n) is 20.8. The number of benzene rings is 9. The molecule has 82 heavy (non-hydrogen) atoms. The first-order valence-corrected chi connectivity index (χ1v) is 30.8. The molecule has 8 heteroatoms. The zero-order chi connectivity index (χ0) is 54.8. The van der Waals surface area contributed by atoms with Gasteiger partial charge in [0.25, 0.3) is 0 Å². The predicted octanol–water partition coefficient (Wildman–Crippen LogP) is 15.8. The van der Waals surface area contributed by atoms with Gasteiger partial charge in [0.05, 0.1) is 22.8 Å². The van der Waals surface area contributed by atoms with Gasteiger partial charge >= 0.3 is 0 Å². The normalized spacial score (nSPS) is 15.5. The molecular weight excluding hydrogens is 1040 g/mol. The van der Waals surface area contributed by atoms with Gasteiger partial charge in [0.1, 0.15) is 0 Å². The van der Waals surface area contributed by atoms with Crippen molar-refractivity contribution in [3.63, 3.8) is 0 Å². The zero-order valence-corrected chi connectivity index (χ0v) is 46.0. The fourth-order valence-corrected chi connectivity index (χ4v) is 18.2. The summed E-state index contributed by atoms with van der Waals surface area (Å²) < 4.78 is 32.7. The van der Waals surface area contributed by atoms with Crippen LogP contribution < -0.4 is 31.8 Å². The van der Waals surface area contributed by atoms with Crippen LogP contribution in [0, 0.1) is 0 Å². The Bertz CT molecular complexity index is 4460. The number of aromatic nitrogens is 4. The lowest BCUT2D eigenvalue weighted by atomic mass is 9.93. The Morgan fingerprint density at radius 2 is 0.451 bits per heavy atom. The first kappa shape index (κ1) is 49.1. The Labute approximate surface area is 476 Å². The SMILES string of the molecule is O=P1(c2cccc(-c3ccccn3)c2)c2ccc(-c3cccc(-c4ccc5c(c4)-c4cc(-c6cccc(-c7ccccn7)c6)ccc4P5(=O)c4cccc(-c5ccccn5)c4)c3)cc2-c2cc(-c3cccc(-c4ccccn4)c3)ccc21. The number of fused-ring (bicyclic) bond motifs is 6. The third-order valence-corrected chi connectivity index (χ3v) is 22.4. The van der Waals surface area contributed by atoms with E-state index in [4.69, 9.17) is 0 Å². The van der Waals surface area contributed by atoms with Crippen LogP contribution >= 0.6 is 14.3 Å². The molecule has 2 atom stereocenters. The standard InChI is InChI=1S/C74H48N4O2P2/c79-81(61-22-12-20-59(43-61)69-26-3-7-38-77-69)71-32-28-53(45-63(71)65-47-55(30-34-73(65)81)51-16-10-18-57(41-51)67-24-1-5-36-75-67)49-14-9-15-50(40-49)54-29-33-72-64(46-54)66-48-56(52-17-11-19-58(42-52)68-25-2-6-37-76-68)31-35-74(66)82(72,80)62-23-13-21-60(44-62)70-27-4-8-39-78-70/h1-48H. The molecule has 0 saturated carbocycles. The monoisotopic (exact) mass is 1090 g/mol. The van der Waals surface area contributed by atoms with Gasteiger partial charge in [0.15, 0.2) is 14.3 Å². The van der Waals surface area contributed by atoms with Gasteiger partial charge in [-0.25, -0.2) is 0 Å². The van der Waals surface area contributed by atoms with Gasteiger partial charge in [-0.05, 0) is 194 Å². The van der Waals surface area contributed by atoms with Crippen LogP contribution in [0.2, 0.25) is 0 Å². The Hall–Kier alpha value is -9.96. The van der Waals surface area contributed by atoms with Gasteiger partial charge in [0.2, 0.25) is 0 Å². The molecule has 15 rings (SSSR count). The molecule has 13 aromatic rings. The van der Waals surface area contributed by atoms with E-state index in [0.717, 1.165) is 144 Å². The highest BCUT2D eigenvalue weighted by molar-refractivity contribution is 7.87. The molecule has 4 aromatic heterocycles. The molecule has 0 radical (unpaired) electrons. The molecule has 0 bridgehead atoms. The van der Waals surface area contributed by atoms with Crippen LogP contribution in [0.1, 0.15) is 0 Å². The van der Waals surface area contributed by atoms with Crippen LogP contribution in [0.15, 0.2) is 292 Å². The maximum absolute atomic E-state index is 16.3. The van der Waals surface area contributed by atoms with Crippen LogP contribution in [0.4, 0.5) is 0 Å². The summed E-state index contributed by atoms with van der Waals surface area (Å²) in [7, 11) is -6.76. The van der Waals surface area contributed by atoms with Gasteiger partial charge in [0, 0.05) is 78.9 Å². The van der Waals surface area contributed by atoms with Crippen molar-refractivity contribution in [2.45, 2.75) is 0 Å². The first-order chi connectivity index (χ1) is 40.4. The molecule has 6 nitrogen and oxygen atoms in total. The average molecular weight is 1090 g/mol. The van der Waals surface area contributed by atoms with Crippen LogP contribution in [-0.2, 0) is 9.13 Å². The molecule has 0 saturated heterocycles. The quantitative estimate of drug-likeness (QED) is 0.127. The second kappa shape index (κ2) is 20.0. The van der Waals surface area contributed by atoms with Gasteiger partial charge < -0.3 is 9.13 Å². The third-order valence-electron chi connectivity index (χ3n) is 16.1. The average Bonchev–Trinajstić information content (AvgIpc) is 2.25. The zero-order valence-electron chi connectivity index (χ0n) is 44.2. The van der Waals surface area contributed by atoms with Gasteiger partial charge in [-0.2, -0.15) is 0 Å². The lowest BCUT2D eigenvalue weighted by Crippen LogP contribution is -2.21. The molecular formula is C74H48N4O2P2. The number of hydrogen-bond acceptors (Lipinski definition) is 6. The lowest BCUT2D eigenvalue weighted by Gasteiger charge is -2.18. The van der Waals surface area contributed by atoms with Crippen molar-refractivity contribution < 1.29 is 9.13 Å². The van der Waals surface area contributed by atoms with Crippen LogP contribution in [0.3, 0.4) is 0 Å². The minimum absolute atomic E-state index is 0.768. The van der Waals surface area contributed by atoms with Crippen molar-refractivity contribution in [1.82, 2.24) is 19.9 Å². The molecule has 2 aliphatic rings. The van der Waals surface area contributed by atoms with E-state index in [1.807, 2.05) is 122 Å². The molecule has 0 aliphatic carbocycles. The van der Waals surface area contributed by atoms with Crippen molar-refractivity contribution in [1.29, 1.82) is 0 Å². The summed E-state index contributed by atoms with van der Waals surface area (Å²) in [5.74, 6) is 0. The fraction of sp³-hybridized carbons (Fsp3) is 0. The molecule has 6 heterocycles. The van der Waals surface area contributed by atoms with E-state index in [0.29, 0.717) is 0 Å². The van der Waals surface area contributed by atoms with Crippen molar-refractivity contribution in [2.75, 3.05) is 0 Å². The minimum atomic E-state index is -3.38. The van der Waals surface area contributed by atoms with E-state index < -0.39 is 14.3 Å². The topological polar surface area (TPSA) is 85.7 Å². The third kappa shape index (κ3) is 8.34. The number of pyridine rings is 4. The molecule has 2 aliphatic heterocycles. The van der Waals surface area contributed by atoms with Crippen molar-refractivity contribution in [3.8, 4) is 112 Å². The van der Waals surface area contributed by atoms with Crippen molar-refractivity contribution in [3.05, 3.63) is 292 Å². The first-order valence-electron chi connectivity index (χ1n) is 27.3. The van der Waals surface area contributed by atoms with E-state index >= 15 is 9.13 Å². The molecule has 0 fully saturated rings. The molecule has 2 unspecified atom stereocenters. The molecule has 0 spiro atoms. The van der Waals surface area contributed by atoms with E-state index in [1.165, 1.54) is 0 Å². The number of rotatable bonds is 10. The molecule has 0 amide bonds. The van der Waals surface area contributed by atoms with E-state index in [2.05, 4.69) is 178 Å². The summed E-state index contributed by atoms with van der Waals surface area (Å²) in [5.41, 5.74) is 19.4. The highest BCUT2D eigenvalue weighted by atomic mass is 31.2. The van der Waals surface area contributed by atoms with Gasteiger partial charge in [-0.1, -0.05) is 140 Å². The summed E-state index contributed by atoms with van der Waals surface area (Å²) in [4.78, 5) is 18.6. The van der Waals surface area contributed by atoms with Crippen LogP contribution in [0.25, 0.3) is 112 Å². The maximum Gasteiger partial charge on any atom is 0.172 e. The number of nitrogens with zero attached hydrogens (tertiary/aromatic N) is 4. The van der Waals surface area contributed by atoms with Crippen LogP contribution in [-0.4, -0.2) is 19.9 Å². The smallest absolute Gasteiger partial charge is 0.172 e. The predicted molar refractivity (Wildman–Crippen MR) is 338 cm³/mol. The lowest BCUT2D eigenvalue weighted by molar-refractivity contribution is 0.592. The molecule has 9 aromatic carbocycles. The van der Waals surface area contributed by atoms with Gasteiger partial charge in [-0.15, -0.1) is 0 Å². The fourth-order valence-electron chi connectivity index (χ4n) is 12.1. The highest BCUT2D eigenvalue weighted by Gasteiger charge is 2.42. The summed E-state index contributed by atoms with van der Waals surface area (Å²) in [6.45, 7) is 0. The Balaban J connectivity index is 0.847. The van der Waals surface area contributed by atoms with E-state index in [9.17, 15) is 0 Å². The van der Waals surface area contributed by atoms with Crippen molar-refractivity contribution in [2.24, 2.45) is 0 Å². The summed E-state index contributed by atoms with van der Waals surface area (Å²) >= 11 is 0. The summed E-state index contributed by atoms with van der Waals surface area (Å²) in [6, 6.07) is 91.1. The molecule has 0 N–H and O–H groups in total. The molecule has 386 valence electrons. The van der Waals surface area contributed by atoms with Crippen molar-refractivity contribution >= 4 is 46.1 Å². The number of hydrogen-bond donors (Lipinski definition) is 0. The Kier molecular flexibility index (Phi) is 12.0. The highest BCUT2D eigenvalue weighted by Crippen LogP contribution is 2.56. The second-order valence-corrected chi connectivity index (χ2v) is 26.2. The van der Waals surface area contributed by atoms with Gasteiger partial charge in [-0.3, -0.25) is 19.9 Å². The maximum atomic E-state index is 16.3. The van der Waals surface area contributed by atoms with Crippen LogP contribution in [0.5, 0.6) is 0 Å².